The van der Waals surface area contributed by atoms with Gasteiger partial charge in [-0.3, -0.25) is 9.59 Å². The number of halogens is 1. The number of anilines is 1. The number of benzene rings is 4. The van der Waals surface area contributed by atoms with Crippen LogP contribution in [-0.2, 0) is 22.7 Å². The van der Waals surface area contributed by atoms with Crippen LogP contribution in [0.25, 0.3) is 11.0 Å². The Bertz CT molecular complexity index is 1760. The van der Waals surface area contributed by atoms with Crippen molar-refractivity contribution in [2.75, 3.05) is 26.6 Å². The summed E-state index contributed by atoms with van der Waals surface area (Å²) in [6, 6.07) is 23.9. The van der Waals surface area contributed by atoms with Crippen LogP contribution in [0.5, 0.6) is 17.2 Å². The number of para-hydroxylation sites is 1. The number of carbonyl (C=O) groups is 2. The largest absolute Gasteiger partial charge is 0.497 e. The van der Waals surface area contributed by atoms with E-state index in [1.54, 1.807) is 72.8 Å². The molecule has 0 bridgehead atoms. The van der Waals surface area contributed by atoms with Crippen LogP contribution in [0.2, 0.25) is 0 Å². The van der Waals surface area contributed by atoms with Gasteiger partial charge in [-0.05, 0) is 48.0 Å². The predicted molar refractivity (Wildman–Crippen MR) is 158 cm³/mol. The van der Waals surface area contributed by atoms with E-state index in [4.69, 9.17) is 14.2 Å². The molecule has 220 valence electrons. The van der Waals surface area contributed by atoms with Gasteiger partial charge in [-0.2, -0.15) is 0 Å². The summed E-state index contributed by atoms with van der Waals surface area (Å²) in [5, 5.41) is 11.2. The number of fused-ring (bicyclic) bond motifs is 1. The Morgan fingerprint density at radius 3 is 2.40 bits per heavy atom. The van der Waals surface area contributed by atoms with Gasteiger partial charge in [0.25, 0.3) is 5.91 Å². The number of amides is 2. The summed E-state index contributed by atoms with van der Waals surface area (Å²) in [7, 11) is 4.51. The fraction of sp³-hybridized carbons (Fsp3) is 0.188. The van der Waals surface area contributed by atoms with Gasteiger partial charge in [0.05, 0.1) is 32.5 Å². The van der Waals surface area contributed by atoms with Crippen molar-refractivity contribution >= 4 is 28.5 Å². The molecule has 0 aliphatic carbocycles. The van der Waals surface area contributed by atoms with E-state index in [9.17, 15) is 14.0 Å². The minimum absolute atomic E-state index is 0.201. The first-order valence-corrected chi connectivity index (χ1v) is 13.4. The second-order valence-corrected chi connectivity index (χ2v) is 9.58. The number of rotatable bonds is 11. The minimum atomic E-state index is -1.20. The van der Waals surface area contributed by atoms with Gasteiger partial charge < -0.3 is 24.4 Å². The fourth-order valence-electron chi connectivity index (χ4n) is 4.77. The first-order chi connectivity index (χ1) is 20.9. The summed E-state index contributed by atoms with van der Waals surface area (Å²) in [6.45, 7) is -0.443. The molecular weight excluding hydrogens is 553 g/mol. The Morgan fingerprint density at radius 2 is 1.63 bits per heavy atom. The minimum Gasteiger partial charge on any atom is -0.497 e. The summed E-state index contributed by atoms with van der Waals surface area (Å²) in [5.74, 6) is -0.159. The van der Waals surface area contributed by atoms with Gasteiger partial charge in [0, 0.05) is 18.2 Å². The highest BCUT2D eigenvalue weighted by Crippen LogP contribution is 2.33. The lowest BCUT2D eigenvalue weighted by atomic mass is 10.0. The molecule has 0 saturated carbocycles. The van der Waals surface area contributed by atoms with E-state index in [2.05, 4.69) is 15.6 Å². The molecule has 0 saturated heterocycles. The Balaban J connectivity index is 1.59. The lowest BCUT2D eigenvalue weighted by Gasteiger charge is -2.32. The van der Waals surface area contributed by atoms with Crippen molar-refractivity contribution in [3.05, 3.63) is 108 Å². The molecule has 1 unspecified atom stereocenters. The van der Waals surface area contributed by atoms with Crippen molar-refractivity contribution in [2.45, 2.75) is 19.1 Å². The predicted octanol–water partition coefficient (Wildman–Crippen LogP) is 5.01. The number of aromatic nitrogens is 3. The number of hydrogen-bond acceptors (Lipinski definition) is 7. The first kappa shape index (κ1) is 29.1. The Morgan fingerprint density at radius 1 is 0.884 bits per heavy atom. The highest BCUT2D eigenvalue weighted by Gasteiger charge is 2.33. The average Bonchev–Trinajstić information content (AvgIpc) is 3.44. The summed E-state index contributed by atoms with van der Waals surface area (Å²) in [6.07, 6.45) is 0. The van der Waals surface area contributed by atoms with E-state index in [-0.39, 0.29) is 18.7 Å². The third kappa shape index (κ3) is 6.40. The van der Waals surface area contributed by atoms with Crippen LogP contribution in [0.1, 0.15) is 17.2 Å². The lowest BCUT2D eigenvalue weighted by molar-refractivity contribution is -0.140. The van der Waals surface area contributed by atoms with Gasteiger partial charge in [-0.15, -0.1) is 5.10 Å². The van der Waals surface area contributed by atoms with Crippen LogP contribution in [0.3, 0.4) is 0 Å². The zero-order chi connectivity index (χ0) is 30.3. The van der Waals surface area contributed by atoms with E-state index >= 15 is 0 Å². The summed E-state index contributed by atoms with van der Waals surface area (Å²) in [5.41, 5.74) is 2.32. The van der Waals surface area contributed by atoms with Crippen molar-refractivity contribution in [2.24, 2.45) is 0 Å². The molecule has 0 radical (unpaired) electrons. The van der Waals surface area contributed by atoms with Crippen LogP contribution >= 0.6 is 0 Å². The third-order valence-corrected chi connectivity index (χ3v) is 6.96. The molecule has 5 aromatic rings. The van der Waals surface area contributed by atoms with Gasteiger partial charge >= 0.3 is 0 Å². The van der Waals surface area contributed by atoms with Crippen molar-refractivity contribution in [1.29, 1.82) is 0 Å². The maximum Gasteiger partial charge on any atom is 0.251 e. The Hall–Kier alpha value is -5.45. The molecule has 1 heterocycles. The lowest BCUT2D eigenvalue weighted by Crippen LogP contribution is -2.42. The van der Waals surface area contributed by atoms with Crippen LogP contribution in [-0.4, -0.2) is 53.0 Å². The topological polar surface area (TPSA) is 108 Å². The SMILES string of the molecule is COc1cccc(C(C(=O)Nc2ccc(OC)cc2OC)N(Cc2ccccc2F)C(=O)Cn2nnc3ccccc32)c1. The highest BCUT2D eigenvalue weighted by atomic mass is 19.1. The first-order valence-electron chi connectivity index (χ1n) is 13.4. The van der Waals surface area contributed by atoms with E-state index in [1.807, 2.05) is 12.1 Å². The van der Waals surface area contributed by atoms with Crippen LogP contribution < -0.4 is 19.5 Å². The monoisotopic (exact) mass is 583 g/mol. The van der Waals surface area contributed by atoms with Crippen LogP contribution in [0, 0.1) is 5.82 Å². The van der Waals surface area contributed by atoms with E-state index in [0.29, 0.717) is 39.5 Å². The molecule has 2 amide bonds. The number of nitrogens with one attached hydrogen (secondary N) is 1. The molecule has 1 atom stereocenters. The van der Waals surface area contributed by atoms with Crippen molar-refractivity contribution in [1.82, 2.24) is 19.9 Å². The Labute approximate surface area is 247 Å². The van der Waals surface area contributed by atoms with E-state index in [1.165, 1.54) is 37.0 Å². The molecule has 0 spiro atoms. The van der Waals surface area contributed by atoms with Crippen molar-refractivity contribution in [3.63, 3.8) is 0 Å². The zero-order valence-electron chi connectivity index (χ0n) is 23.9. The molecule has 1 N–H and O–H groups in total. The summed E-state index contributed by atoms with van der Waals surface area (Å²) >= 11 is 0. The maximum atomic E-state index is 15.0. The number of ether oxygens (including phenoxy) is 3. The van der Waals surface area contributed by atoms with Gasteiger partial charge in [-0.1, -0.05) is 47.7 Å². The normalized spacial score (nSPS) is 11.5. The molecule has 43 heavy (non-hydrogen) atoms. The van der Waals surface area contributed by atoms with Gasteiger partial charge in [0.2, 0.25) is 5.91 Å². The second-order valence-electron chi connectivity index (χ2n) is 9.58. The molecule has 0 aliphatic heterocycles. The zero-order valence-corrected chi connectivity index (χ0v) is 23.9. The maximum absolute atomic E-state index is 15.0. The number of nitrogens with zero attached hydrogens (tertiary/aromatic N) is 4. The molecule has 1 aromatic heterocycles. The van der Waals surface area contributed by atoms with Gasteiger partial charge in [-0.25, -0.2) is 9.07 Å². The smallest absolute Gasteiger partial charge is 0.251 e. The average molecular weight is 584 g/mol. The quantitative estimate of drug-likeness (QED) is 0.233. The fourth-order valence-corrected chi connectivity index (χ4v) is 4.77. The summed E-state index contributed by atoms with van der Waals surface area (Å²) < 4.78 is 32.6. The number of methoxy groups -OCH3 is 3. The standard InChI is InChI=1S/C32H30FN5O5/c1-41-23-11-8-10-21(17-23)31(32(40)34-27-16-15-24(42-2)18-29(27)43-3)37(19-22-9-4-5-12-25(22)33)30(39)20-38-28-14-7-6-13-26(28)35-36-38/h4-18,31H,19-20H2,1-3H3,(H,34,40). The van der Waals surface area contributed by atoms with E-state index in [0.717, 1.165) is 0 Å². The Kier molecular flexibility index (Phi) is 8.80. The number of hydrogen-bond donors (Lipinski definition) is 1. The molecule has 5 rings (SSSR count). The molecule has 0 aliphatic rings. The van der Waals surface area contributed by atoms with Crippen LogP contribution in [0.4, 0.5) is 10.1 Å². The molecule has 4 aromatic carbocycles. The molecule has 0 fully saturated rings. The van der Waals surface area contributed by atoms with Gasteiger partial charge in [0.15, 0.2) is 0 Å². The number of carbonyl (C=O) groups excluding carboxylic acids is 2. The molecular formula is C32H30FN5O5. The molecule has 10 nitrogen and oxygen atoms in total. The second kappa shape index (κ2) is 13.0. The third-order valence-electron chi connectivity index (χ3n) is 6.96. The van der Waals surface area contributed by atoms with Gasteiger partial charge in [0.1, 0.15) is 41.2 Å². The van der Waals surface area contributed by atoms with Crippen LogP contribution in [0.15, 0.2) is 91.0 Å². The van der Waals surface area contributed by atoms with Crippen molar-refractivity contribution < 1.29 is 28.2 Å². The van der Waals surface area contributed by atoms with Crippen molar-refractivity contribution in [3.8, 4) is 17.2 Å². The highest BCUT2D eigenvalue weighted by molar-refractivity contribution is 5.99. The summed E-state index contributed by atoms with van der Waals surface area (Å²) in [4.78, 5) is 29.7. The van der Waals surface area contributed by atoms with E-state index < -0.39 is 23.7 Å². The molecule has 11 heteroatoms.